The molecule has 27 heavy (non-hydrogen) atoms. The van der Waals surface area contributed by atoms with E-state index in [2.05, 4.69) is 47.2 Å². The van der Waals surface area contributed by atoms with E-state index in [-0.39, 0.29) is 5.91 Å². The molecule has 1 heterocycles. The van der Waals surface area contributed by atoms with Gasteiger partial charge in [-0.05, 0) is 42.2 Å². The lowest BCUT2D eigenvalue weighted by Crippen LogP contribution is -2.48. The lowest BCUT2D eigenvalue weighted by molar-refractivity contribution is -0.117. The maximum Gasteiger partial charge on any atom is 0.238 e. The summed E-state index contributed by atoms with van der Waals surface area (Å²) in [6.45, 7) is 10.3. The number of piperazine rings is 1. The molecule has 1 fully saturated rings. The van der Waals surface area contributed by atoms with Crippen LogP contribution in [0.2, 0.25) is 5.02 Å². The van der Waals surface area contributed by atoms with Crippen LogP contribution in [0, 0.1) is 6.92 Å². The Morgan fingerprint density at radius 1 is 1.11 bits per heavy atom. The smallest absolute Gasteiger partial charge is 0.238 e. The highest BCUT2D eigenvalue weighted by Gasteiger charge is 2.20. The van der Waals surface area contributed by atoms with Crippen LogP contribution in [0.5, 0.6) is 0 Å². The molecule has 1 N–H and O–H groups in total. The third-order valence-electron chi connectivity index (χ3n) is 5.10. The van der Waals surface area contributed by atoms with E-state index in [0.717, 1.165) is 48.1 Å². The number of carbonyl (C=O) groups excluding carboxylic acids is 1. The molecular formula is C22H28ClN3O. The number of aryl methyl sites for hydroxylation is 1. The highest BCUT2D eigenvalue weighted by molar-refractivity contribution is 6.30. The number of rotatable bonds is 5. The minimum absolute atomic E-state index is 0.0578. The van der Waals surface area contributed by atoms with Gasteiger partial charge >= 0.3 is 0 Å². The molecule has 0 aliphatic carbocycles. The molecule has 2 aromatic rings. The zero-order chi connectivity index (χ0) is 19.4. The Bertz CT molecular complexity index is 798. The van der Waals surface area contributed by atoms with E-state index in [1.165, 1.54) is 5.56 Å². The first-order chi connectivity index (χ1) is 12.9. The molecule has 1 amide bonds. The van der Waals surface area contributed by atoms with Gasteiger partial charge in [-0.1, -0.05) is 49.7 Å². The van der Waals surface area contributed by atoms with Crippen LogP contribution in [-0.4, -0.2) is 43.5 Å². The van der Waals surface area contributed by atoms with E-state index < -0.39 is 0 Å². The molecule has 0 radical (unpaired) electrons. The molecular weight excluding hydrogens is 358 g/mol. The number of nitrogens with zero attached hydrogens (tertiary/aromatic N) is 2. The van der Waals surface area contributed by atoms with Gasteiger partial charge in [0.05, 0.1) is 6.54 Å². The third-order valence-corrected chi connectivity index (χ3v) is 5.34. The number of carbonyl (C=O) groups is 1. The predicted octanol–water partition coefficient (Wildman–Crippen LogP) is 4.53. The summed E-state index contributed by atoms with van der Waals surface area (Å²) in [5.74, 6) is 0.434. The monoisotopic (exact) mass is 385 g/mol. The fraction of sp³-hybridized carbons (Fsp3) is 0.409. The van der Waals surface area contributed by atoms with Gasteiger partial charge in [0.15, 0.2) is 0 Å². The van der Waals surface area contributed by atoms with Crippen LogP contribution in [-0.2, 0) is 4.79 Å². The molecule has 0 bridgehead atoms. The molecule has 144 valence electrons. The average Bonchev–Trinajstić information content (AvgIpc) is 2.64. The van der Waals surface area contributed by atoms with E-state index in [0.29, 0.717) is 12.5 Å². The molecule has 0 aromatic heterocycles. The summed E-state index contributed by atoms with van der Waals surface area (Å²) in [4.78, 5) is 17.2. The molecule has 1 aliphatic heterocycles. The molecule has 0 saturated carbocycles. The minimum Gasteiger partial charge on any atom is -0.369 e. The Labute approximate surface area is 167 Å². The van der Waals surface area contributed by atoms with Crippen molar-refractivity contribution in [1.29, 1.82) is 0 Å². The first-order valence-corrected chi connectivity index (χ1v) is 9.94. The van der Waals surface area contributed by atoms with Gasteiger partial charge in [-0.3, -0.25) is 9.69 Å². The van der Waals surface area contributed by atoms with Crippen LogP contribution < -0.4 is 10.2 Å². The Morgan fingerprint density at radius 2 is 1.81 bits per heavy atom. The van der Waals surface area contributed by atoms with E-state index in [4.69, 9.17) is 11.6 Å². The Kier molecular flexibility index (Phi) is 6.40. The Hall–Kier alpha value is -2.04. The summed E-state index contributed by atoms with van der Waals surface area (Å²) < 4.78 is 0. The van der Waals surface area contributed by atoms with Gasteiger partial charge in [-0.25, -0.2) is 0 Å². The lowest BCUT2D eigenvalue weighted by Gasteiger charge is -2.35. The molecule has 0 atom stereocenters. The van der Waals surface area contributed by atoms with Crippen LogP contribution in [0.3, 0.4) is 0 Å². The van der Waals surface area contributed by atoms with E-state index in [1.54, 1.807) is 0 Å². The standard InChI is InChI=1S/C22H28ClN3O/c1-16(2)20-9-4-6-17(3)22(20)24-21(27)15-25-10-12-26(13-11-25)19-8-5-7-18(23)14-19/h4-9,14,16H,10-13,15H2,1-3H3,(H,24,27). The van der Waals surface area contributed by atoms with E-state index >= 15 is 0 Å². The first kappa shape index (κ1) is 19.7. The van der Waals surface area contributed by atoms with Crippen molar-refractivity contribution in [2.45, 2.75) is 26.7 Å². The maximum atomic E-state index is 12.6. The van der Waals surface area contributed by atoms with Crippen LogP contribution in [0.15, 0.2) is 42.5 Å². The van der Waals surface area contributed by atoms with Crippen LogP contribution >= 0.6 is 11.6 Å². The molecule has 3 rings (SSSR count). The van der Waals surface area contributed by atoms with Crippen molar-refractivity contribution >= 4 is 28.9 Å². The number of para-hydroxylation sites is 1. The summed E-state index contributed by atoms with van der Waals surface area (Å²) in [7, 11) is 0. The summed E-state index contributed by atoms with van der Waals surface area (Å²) in [6, 6.07) is 14.1. The topological polar surface area (TPSA) is 35.6 Å². The number of anilines is 2. The first-order valence-electron chi connectivity index (χ1n) is 9.56. The highest BCUT2D eigenvalue weighted by atomic mass is 35.5. The normalized spacial score (nSPS) is 15.2. The zero-order valence-corrected chi connectivity index (χ0v) is 17.1. The number of hydrogen-bond donors (Lipinski definition) is 1. The maximum absolute atomic E-state index is 12.6. The van der Waals surface area contributed by atoms with Crippen molar-refractivity contribution in [3.05, 3.63) is 58.6 Å². The molecule has 1 aliphatic rings. The summed E-state index contributed by atoms with van der Waals surface area (Å²) in [6.07, 6.45) is 0. The quantitative estimate of drug-likeness (QED) is 0.821. The van der Waals surface area contributed by atoms with Gasteiger partial charge in [0.25, 0.3) is 0 Å². The molecule has 4 nitrogen and oxygen atoms in total. The summed E-state index contributed by atoms with van der Waals surface area (Å²) in [5, 5.41) is 3.90. The van der Waals surface area contributed by atoms with E-state index in [1.807, 2.05) is 31.2 Å². The van der Waals surface area contributed by atoms with Crippen LogP contribution in [0.4, 0.5) is 11.4 Å². The van der Waals surface area contributed by atoms with Gasteiger partial charge < -0.3 is 10.2 Å². The average molecular weight is 386 g/mol. The van der Waals surface area contributed by atoms with Gasteiger partial charge in [-0.2, -0.15) is 0 Å². The van der Waals surface area contributed by atoms with Crippen molar-refractivity contribution in [2.75, 3.05) is 42.9 Å². The molecule has 1 saturated heterocycles. The van der Waals surface area contributed by atoms with Crippen LogP contribution in [0.25, 0.3) is 0 Å². The lowest BCUT2D eigenvalue weighted by atomic mass is 9.98. The summed E-state index contributed by atoms with van der Waals surface area (Å²) >= 11 is 6.10. The Morgan fingerprint density at radius 3 is 2.48 bits per heavy atom. The van der Waals surface area contributed by atoms with Gasteiger partial charge in [0.1, 0.15) is 0 Å². The predicted molar refractivity (Wildman–Crippen MR) is 114 cm³/mol. The van der Waals surface area contributed by atoms with Crippen molar-refractivity contribution < 1.29 is 4.79 Å². The van der Waals surface area contributed by atoms with Gasteiger partial charge in [0, 0.05) is 42.6 Å². The zero-order valence-electron chi connectivity index (χ0n) is 16.3. The van der Waals surface area contributed by atoms with E-state index in [9.17, 15) is 4.79 Å². The van der Waals surface area contributed by atoms with Crippen molar-refractivity contribution in [2.24, 2.45) is 0 Å². The highest BCUT2D eigenvalue weighted by Crippen LogP contribution is 2.27. The van der Waals surface area contributed by atoms with Gasteiger partial charge in [-0.15, -0.1) is 0 Å². The molecule has 0 spiro atoms. The molecule has 0 unspecified atom stereocenters. The fourth-order valence-corrected chi connectivity index (χ4v) is 3.75. The number of nitrogens with one attached hydrogen (secondary N) is 1. The van der Waals surface area contributed by atoms with Crippen molar-refractivity contribution in [1.82, 2.24) is 4.90 Å². The van der Waals surface area contributed by atoms with Gasteiger partial charge in [0.2, 0.25) is 5.91 Å². The fourth-order valence-electron chi connectivity index (χ4n) is 3.56. The SMILES string of the molecule is Cc1cccc(C(C)C)c1NC(=O)CN1CCN(c2cccc(Cl)c2)CC1. The second-order valence-electron chi connectivity index (χ2n) is 7.49. The van der Waals surface area contributed by atoms with Crippen molar-refractivity contribution in [3.63, 3.8) is 0 Å². The molecule has 2 aromatic carbocycles. The number of benzene rings is 2. The number of amides is 1. The van der Waals surface area contributed by atoms with Crippen LogP contribution in [0.1, 0.15) is 30.9 Å². The second kappa shape index (κ2) is 8.77. The number of halogens is 1. The second-order valence-corrected chi connectivity index (χ2v) is 7.92. The largest absolute Gasteiger partial charge is 0.369 e. The summed E-state index contributed by atoms with van der Waals surface area (Å²) in [5.41, 5.74) is 4.41. The minimum atomic E-state index is 0.0578. The Balaban J connectivity index is 1.56. The third kappa shape index (κ3) is 5.02. The number of hydrogen-bond acceptors (Lipinski definition) is 3. The van der Waals surface area contributed by atoms with Crippen molar-refractivity contribution in [3.8, 4) is 0 Å². The molecule has 5 heteroatoms.